The van der Waals surface area contributed by atoms with Crippen molar-refractivity contribution >= 4 is 0 Å². The van der Waals surface area contributed by atoms with Gasteiger partial charge in [-0.25, -0.2) is 0 Å². The molecule has 0 spiro atoms. The van der Waals surface area contributed by atoms with Crippen LogP contribution in [0.2, 0.25) is 0 Å². The summed E-state index contributed by atoms with van der Waals surface area (Å²) in [5, 5.41) is 22.5. The molecular weight excluding hydrogens is 250 g/mol. The van der Waals surface area contributed by atoms with E-state index in [9.17, 15) is 5.11 Å². The highest BCUT2D eigenvalue weighted by Crippen LogP contribution is 2.33. The van der Waals surface area contributed by atoms with Gasteiger partial charge >= 0.3 is 0 Å². The molecule has 1 aliphatic heterocycles. The number of rotatable bonds is 5. The molecule has 1 aromatic rings. The van der Waals surface area contributed by atoms with Gasteiger partial charge in [-0.1, -0.05) is 6.08 Å². The molecule has 0 aliphatic carbocycles. The van der Waals surface area contributed by atoms with E-state index in [1.54, 1.807) is 12.1 Å². The molecular formula is C16H21N3O. The van der Waals surface area contributed by atoms with Crippen molar-refractivity contribution in [1.82, 2.24) is 10.2 Å². The van der Waals surface area contributed by atoms with Gasteiger partial charge in [0.2, 0.25) is 0 Å². The van der Waals surface area contributed by atoms with E-state index in [-0.39, 0.29) is 11.8 Å². The molecule has 0 saturated carbocycles. The average molecular weight is 271 g/mol. The molecule has 1 atom stereocenters. The molecule has 106 valence electrons. The molecule has 2 N–H and O–H groups in total. The predicted molar refractivity (Wildman–Crippen MR) is 79.4 cm³/mol. The number of nitrogens with one attached hydrogen (secondary N) is 1. The second-order valence-electron chi connectivity index (χ2n) is 5.05. The molecule has 1 saturated heterocycles. The zero-order valence-corrected chi connectivity index (χ0v) is 11.7. The number of allylic oxidation sites excluding steroid dienone is 1. The number of benzene rings is 1. The highest BCUT2D eigenvalue weighted by Gasteiger charge is 2.24. The van der Waals surface area contributed by atoms with Crippen LogP contribution in [0.1, 0.15) is 30.0 Å². The molecule has 4 heteroatoms. The van der Waals surface area contributed by atoms with Crippen molar-refractivity contribution in [3.8, 4) is 11.8 Å². The van der Waals surface area contributed by atoms with E-state index in [4.69, 9.17) is 5.26 Å². The fraction of sp³-hybridized carbons (Fsp3) is 0.438. The third kappa shape index (κ3) is 3.38. The number of phenols is 1. The Labute approximate surface area is 120 Å². The van der Waals surface area contributed by atoms with Gasteiger partial charge in [0.05, 0.1) is 11.6 Å². The lowest BCUT2D eigenvalue weighted by Gasteiger charge is -2.35. The highest BCUT2D eigenvalue weighted by atomic mass is 16.3. The summed E-state index contributed by atoms with van der Waals surface area (Å²) in [6, 6.07) is 7.37. The minimum absolute atomic E-state index is 0.142. The molecule has 0 aromatic heterocycles. The standard InChI is InChI=1S/C16H21N3O/c1-2-3-4-15(19-9-7-18-8-10-19)14-11-13(12-17)5-6-16(14)20/h2,5-6,11,15,18,20H,1,3-4,7-10H2/t15-/m1/s1. The van der Waals surface area contributed by atoms with E-state index in [0.29, 0.717) is 5.56 Å². The van der Waals surface area contributed by atoms with E-state index in [0.717, 1.165) is 44.6 Å². The van der Waals surface area contributed by atoms with Crippen LogP contribution in [-0.2, 0) is 0 Å². The third-order valence-electron chi connectivity index (χ3n) is 3.75. The number of nitrogens with zero attached hydrogens (tertiary/aromatic N) is 2. The van der Waals surface area contributed by atoms with Gasteiger partial charge in [0.25, 0.3) is 0 Å². The first kappa shape index (κ1) is 14.6. The topological polar surface area (TPSA) is 59.3 Å². The maximum absolute atomic E-state index is 10.2. The molecule has 1 fully saturated rings. The Bertz CT molecular complexity index is 501. The first-order chi connectivity index (χ1) is 9.76. The maximum atomic E-state index is 10.2. The smallest absolute Gasteiger partial charge is 0.120 e. The Hall–Kier alpha value is -1.83. The first-order valence-electron chi connectivity index (χ1n) is 7.05. The molecule has 0 radical (unpaired) electrons. The van der Waals surface area contributed by atoms with E-state index in [1.807, 2.05) is 12.1 Å². The summed E-state index contributed by atoms with van der Waals surface area (Å²) in [5.74, 6) is 0.275. The summed E-state index contributed by atoms with van der Waals surface area (Å²) >= 11 is 0. The Balaban J connectivity index is 2.29. The van der Waals surface area contributed by atoms with Crippen molar-refractivity contribution in [3.63, 3.8) is 0 Å². The summed E-state index contributed by atoms with van der Waals surface area (Å²) in [4.78, 5) is 2.37. The largest absolute Gasteiger partial charge is 0.508 e. The van der Waals surface area contributed by atoms with Gasteiger partial charge in [0.15, 0.2) is 0 Å². The summed E-state index contributed by atoms with van der Waals surface area (Å²) in [6.45, 7) is 7.62. The SMILES string of the molecule is C=CCC[C@H](c1cc(C#N)ccc1O)N1CCNCC1. The lowest BCUT2D eigenvalue weighted by Crippen LogP contribution is -2.45. The Morgan fingerprint density at radius 3 is 2.85 bits per heavy atom. The lowest BCUT2D eigenvalue weighted by atomic mass is 9.97. The van der Waals surface area contributed by atoms with Crippen molar-refractivity contribution in [2.75, 3.05) is 26.2 Å². The minimum Gasteiger partial charge on any atom is -0.508 e. The fourth-order valence-electron chi connectivity index (χ4n) is 2.70. The summed E-state index contributed by atoms with van der Waals surface area (Å²) in [5.41, 5.74) is 1.45. The van der Waals surface area contributed by atoms with Crippen LogP contribution in [-0.4, -0.2) is 36.2 Å². The quantitative estimate of drug-likeness (QED) is 0.806. The van der Waals surface area contributed by atoms with Gasteiger partial charge in [-0.2, -0.15) is 5.26 Å². The molecule has 1 aromatic carbocycles. The van der Waals surface area contributed by atoms with E-state index in [1.165, 1.54) is 0 Å². The second kappa shape index (κ2) is 7.09. The zero-order chi connectivity index (χ0) is 14.4. The van der Waals surface area contributed by atoms with E-state index in [2.05, 4.69) is 22.9 Å². The van der Waals surface area contributed by atoms with Crippen LogP contribution in [0.5, 0.6) is 5.75 Å². The Morgan fingerprint density at radius 1 is 1.45 bits per heavy atom. The van der Waals surface area contributed by atoms with Crippen LogP contribution in [0.3, 0.4) is 0 Å². The second-order valence-corrected chi connectivity index (χ2v) is 5.05. The monoisotopic (exact) mass is 271 g/mol. The van der Waals surface area contributed by atoms with Crippen LogP contribution in [0.25, 0.3) is 0 Å². The van der Waals surface area contributed by atoms with Crippen molar-refractivity contribution in [2.45, 2.75) is 18.9 Å². The van der Waals surface area contributed by atoms with E-state index >= 15 is 0 Å². The highest BCUT2D eigenvalue weighted by molar-refractivity contribution is 5.43. The molecule has 0 amide bonds. The molecule has 20 heavy (non-hydrogen) atoms. The minimum atomic E-state index is 0.142. The van der Waals surface area contributed by atoms with Crippen LogP contribution in [0.15, 0.2) is 30.9 Å². The van der Waals surface area contributed by atoms with Crippen LogP contribution >= 0.6 is 0 Å². The van der Waals surface area contributed by atoms with Crippen molar-refractivity contribution < 1.29 is 5.11 Å². The normalized spacial score (nSPS) is 17.4. The molecule has 0 unspecified atom stereocenters. The van der Waals surface area contributed by atoms with Crippen molar-refractivity contribution in [3.05, 3.63) is 42.0 Å². The Kier molecular flexibility index (Phi) is 5.16. The van der Waals surface area contributed by atoms with Gasteiger partial charge in [0, 0.05) is 37.8 Å². The molecule has 0 bridgehead atoms. The van der Waals surface area contributed by atoms with Crippen molar-refractivity contribution in [1.29, 1.82) is 5.26 Å². The number of hydrogen-bond acceptors (Lipinski definition) is 4. The lowest BCUT2D eigenvalue weighted by molar-refractivity contribution is 0.163. The fourth-order valence-corrected chi connectivity index (χ4v) is 2.70. The summed E-state index contributed by atoms with van der Waals surface area (Å²) in [6.07, 6.45) is 3.71. The van der Waals surface area contributed by atoms with Gasteiger partial charge < -0.3 is 10.4 Å². The van der Waals surface area contributed by atoms with Gasteiger partial charge in [-0.15, -0.1) is 6.58 Å². The third-order valence-corrected chi connectivity index (χ3v) is 3.75. The Morgan fingerprint density at radius 2 is 2.20 bits per heavy atom. The number of phenolic OH excluding ortho intramolecular Hbond substituents is 1. The van der Waals surface area contributed by atoms with Gasteiger partial charge in [-0.3, -0.25) is 4.90 Å². The average Bonchev–Trinajstić information content (AvgIpc) is 2.50. The zero-order valence-electron chi connectivity index (χ0n) is 11.7. The summed E-state index contributed by atoms with van der Waals surface area (Å²) in [7, 11) is 0. The molecule has 2 rings (SSSR count). The first-order valence-corrected chi connectivity index (χ1v) is 7.05. The van der Waals surface area contributed by atoms with Gasteiger partial charge in [-0.05, 0) is 31.0 Å². The number of hydrogen-bond donors (Lipinski definition) is 2. The molecule has 1 heterocycles. The van der Waals surface area contributed by atoms with Gasteiger partial charge in [0.1, 0.15) is 5.75 Å². The molecule has 1 aliphatic rings. The maximum Gasteiger partial charge on any atom is 0.120 e. The predicted octanol–water partition coefficient (Wildman–Crippen LogP) is 2.18. The molecule has 4 nitrogen and oxygen atoms in total. The van der Waals surface area contributed by atoms with Crippen LogP contribution in [0.4, 0.5) is 0 Å². The van der Waals surface area contributed by atoms with Crippen molar-refractivity contribution in [2.24, 2.45) is 0 Å². The summed E-state index contributed by atoms with van der Waals surface area (Å²) < 4.78 is 0. The number of nitriles is 1. The number of piperazine rings is 1. The van der Waals surface area contributed by atoms with Crippen LogP contribution < -0.4 is 5.32 Å². The van der Waals surface area contributed by atoms with Crippen LogP contribution in [0, 0.1) is 11.3 Å². The number of aromatic hydroxyl groups is 1. The van der Waals surface area contributed by atoms with E-state index < -0.39 is 0 Å².